The Morgan fingerprint density at radius 2 is 2.05 bits per heavy atom. The van der Waals surface area contributed by atoms with E-state index in [0.29, 0.717) is 11.7 Å². The van der Waals surface area contributed by atoms with Crippen LogP contribution in [0.4, 0.5) is 0 Å². The van der Waals surface area contributed by atoms with Crippen LogP contribution in [-0.2, 0) is 4.79 Å². The normalized spacial score (nSPS) is 34.0. The number of benzene rings is 1. The fourth-order valence-electron chi connectivity index (χ4n) is 3.98. The first-order valence-corrected chi connectivity index (χ1v) is 7.28. The number of allylic oxidation sites excluding steroid dienone is 4. The molecule has 2 nitrogen and oxygen atoms in total. The van der Waals surface area contributed by atoms with Crippen molar-refractivity contribution in [1.29, 1.82) is 0 Å². The second-order valence-electron chi connectivity index (χ2n) is 6.19. The van der Waals surface area contributed by atoms with Crippen molar-refractivity contribution in [1.82, 2.24) is 0 Å². The molecule has 1 spiro atoms. The molecule has 3 aliphatic rings. The summed E-state index contributed by atoms with van der Waals surface area (Å²) < 4.78 is 5.20. The molecule has 2 saturated carbocycles. The Balaban J connectivity index is 1.61. The highest BCUT2D eigenvalue weighted by Gasteiger charge is 2.65. The van der Waals surface area contributed by atoms with Gasteiger partial charge in [-0.1, -0.05) is 35.9 Å². The maximum atomic E-state index is 12.7. The van der Waals surface area contributed by atoms with E-state index in [0.717, 1.165) is 25.0 Å². The van der Waals surface area contributed by atoms with Crippen LogP contribution in [-0.4, -0.2) is 12.9 Å². The van der Waals surface area contributed by atoms with Gasteiger partial charge < -0.3 is 4.74 Å². The number of ketones is 1. The molecular weight excluding hydrogens is 248 g/mol. The van der Waals surface area contributed by atoms with E-state index in [9.17, 15) is 4.79 Å². The summed E-state index contributed by atoms with van der Waals surface area (Å²) in [5.41, 5.74) is 2.55. The molecule has 102 valence electrons. The average Bonchev–Trinajstić information content (AvgIpc) is 3.15. The minimum atomic E-state index is -0.0862. The summed E-state index contributed by atoms with van der Waals surface area (Å²) in [6.45, 7) is 0. The number of rotatable bonds is 2. The van der Waals surface area contributed by atoms with Gasteiger partial charge in [0.15, 0.2) is 0 Å². The fraction of sp³-hybridized carbons (Fsp3) is 0.389. The number of hydrogen-bond acceptors (Lipinski definition) is 2. The Kier molecular flexibility index (Phi) is 2.44. The Morgan fingerprint density at radius 1 is 1.25 bits per heavy atom. The smallest absolute Gasteiger partial charge is 0.147 e. The van der Waals surface area contributed by atoms with Crippen molar-refractivity contribution in [3.8, 4) is 5.75 Å². The predicted molar refractivity (Wildman–Crippen MR) is 77.7 cm³/mol. The summed E-state index contributed by atoms with van der Waals surface area (Å²) in [6, 6.07) is 8.21. The largest absolute Gasteiger partial charge is 0.497 e. The van der Waals surface area contributed by atoms with Crippen molar-refractivity contribution in [2.75, 3.05) is 7.11 Å². The van der Waals surface area contributed by atoms with Crippen LogP contribution in [0.15, 0.2) is 48.1 Å². The number of hydrogen-bond donors (Lipinski definition) is 0. The molecule has 2 fully saturated rings. The standard InChI is InChI=1S/C18H18O2/c1-20-14-8-6-12(7-9-14)16-11-18(16)10-13-4-2-3-5-15(13)17(18)19/h2-4,6-9,15-16H,5,10-11H2,1H3. The Bertz CT molecular complexity index is 623. The van der Waals surface area contributed by atoms with Crippen molar-refractivity contribution in [2.45, 2.75) is 25.2 Å². The van der Waals surface area contributed by atoms with Crippen molar-refractivity contribution >= 4 is 5.78 Å². The highest BCUT2D eigenvalue weighted by Crippen LogP contribution is 2.68. The zero-order valence-corrected chi connectivity index (χ0v) is 11.6. The first kappa shape index (κ1) is 12.0. The molecule has 0 N–H and O–H groups in total. The van der Waals surface area contributed by atoms with E-state index in [-0.39, 0.29) is 11.3 Å². The Labute approximate surface area is 119 Å². The number of carbonyl (C=O) groups is 1. The molecule has 0 radical (unpaired) electrons. The van der Waals surface area contributed by atoms with Crippen LogP contribution in [0.3, 0.4) is 0 Å². The molecule has 0 bridgehead atoms. The lowest BCUT2D eigenvalue weighted by atomic mass is 9.92. The number of fused-ring (bicyclic) bond motifs is 1. The minimum absolute atomic E-state index is 0.0862. The van der Waals surface area contributed by atoms with Crippen molar-refractivity contribution in [2.24, 2.45) is 11.3 Å². The van der Waals surface area contributed by atoms with Gasteiger partial charge in [0.25, 0.3) is 0 Å². The first-order chi connectivity index (χ1) is 9.74. The molecule has 20 heavy (non-hydrogen) atoms. The molecule has 0 saturated heterocycles. The highest BCUT2D eigenvalue weighted by molar-refractivity contribution is 5.97. The van der Waals surface area contributed by atoms with Gasteiger partial charge in [0.2, 0.25) is 0 Å². The summed E-state index contributed by atoms with van der Waals surface area (Å²) in [7, 11) is 1.68. The van der Waals surface area contributed by atoms with E-state index in [2.05, 4.69) is 30.4 Å². The molecule has 4 rings (SSSR count). The SMILES string of the molecule is COc1ccc(C2CC23CC2=CC=CCC2C3=O)cc1. The quantitative estimate of drug-likeness (QED) is 0.817. The van der Waals surface area contributed by atoms with E-state index >= 15 is 0 Å². The van der Waals surface area contributed by atoms with Gasteiger partial charge in [0.05, 0.1) is 7.11 Å². The second-order valence-corrected chi connectivity index (χ2v) is 6.19. The maximum absolute atomic E-state index is 12.7. The van der Waals surface area contributed by atoms with Crippen LogP contribution >= 0.6 is 0 Å². The van der Waals surface area contributed by atoms with Gasteiger partial charge in [0, 0.05) is 11.3 Å². The van der Waals surface area contributed by atoms with Gasteiger partial charge in [-0.25, -0.2) is 0 Å². The van der Waals surface area contributed by atoms with Crippen molar-refractivity contribution < 1.29 is 9.53 Å². The minimum Gasteiger partial charge on any atom is -0.497 e. The number of methoxy groups -OCH3 is 1. The Morgan fingerprint density at radius 3 is 2.75 bits per heavy atom. The van der Waals surface area contributed by atoms with Gasteiger partial charge >= 0.3 is 0 Å². The fourth-order valence-corrected chi connectivity index (χ4v) is 3.98. The molecule has 1 aromatic rings. The molecule has 3 unspecified atom stereocenters. The van der Waals surface area contributed by atoms with Gasteiger partial charge in [-0.3, -0.25) is 4.79 Å². The molecule has 0 aliphatic heterocycles. The molecule has 0 aromatic heterocycles. The zero-order chi connectivity index (χ0) is 13.7. The van der Waals surface area contributed by atoms with Crippen molar-refractivity contribution in [3.05, 3.63) is 53.6 Å². The number of carbonyl (C=O) groups excluding carboxylic acids is 1. The van der Waals surface area contributed by atoms with Crippen LogP contribution in [0.5, 0.6) is 5.75 Å². The van der Waals surface area contributed by atoms with E-state index in [1.807, 2.05) is 12.1 Å². The van der Waals surface area contributed by atoms with Crippen molar-refractivity contribution in [3.63, 3.8) is 0 Å². The second kappa shape index (κ2) is 4.08. The maximum Gasteiger partial charge on any atom is 0.147 e. The topological polar surface area (TPSA) is 26.3 Å². The third kappa shape index (κ3) is 1.54. The third-order valence-corrected chi connectivity index (χ3v) is 5.19. The van der Waals surface area contributed by atoms with Gasteiger partial charge in [0.1, 0.15) is 11.5 Å². The summed E-state index contributed by atoms with van der Waals surface area (Å²) in [6.07, 6.45) is 9.27. The van der Waals surface area contributed by atoms with Crippen LogP contribution < -0.4 is 4.74 Å². The van der Waals surface area contributed by atoms with Gasteiger partial charge in [-0.2, -0.15) is 0 Å². The molecule has 1 aromatic carbocycles. The van der Waals surface area contributed by atoms with Crippen LogP contribution in [0, 0.1) is 11.3 Å². The van der Waals surface area contributed by atoms with Crippen LogP contribution in [0.25, 0.3) is 0 Å². The van der Waals surface area contributed by atoms with Crippen LogP contribution in [0.1, 0.15) is 30.7 Å². The third-order valence-electron chi connectivity index (χ3n) is 5.19. The lowest BCUT2D eigenvalue weighted by Gasteiger charge is -2.11. The van der Waals surface area contributed by atoms with Gasteiger partial charge in [-0.05, 0) is 42.9 Å². The monoisotopic (exact) mass is 266 g/mol. The molecule has 0 heterocycles. The van der Waals surface area contributed by atoms with E-state index in [1.54, 1.807) is 7.11 Å². The molecule has 2 heteroatoms. The zero-order valence-electron chi connectivity index (χ0n) is 11.6. The Hall–Kier alpha value is -1.83. The van der Waals surface area contributed by atoms with Gasteiger partial charge in [-0.15, -0.1) is 0 Å². The highest BCUT2D eigenvalue weighted by atomic mass is 16.5. The molecule has 3 atom stereocenters. The number of ether oxygens (including phenoxy) is 1. The summed E-state index contributed by atoms with van der Waals surface area (Å²) in [4.78, 5) is 12.7. The van der Waals surface area contributed by atoms with E-state index in [4.69, 9.17) is 4.74 Å². The first-order valence-electron chi connectivity index (χ1n) is 7.28. The summed E-state index contributed by atoms with van der Waals surface area (Å²) in [5.74, 6) is 1.94. The average molecular weight is 266 g/mol. The number of Topliss-reactive ketones (excluding diaryl/α,β-unsaturated/α-hetero) is 1. The predicted octanol–water partition coefficient (Wildman–Crippen LogP) is 3.64. The molecular formula is C18H18O2. The molecule has 3 aliphatic carbocycles. The van der Waals surface area contributed by atoms with E-state index in [1.165, 1.54) is 11.1 Å². The lowest BCUT2D eigenvalue weighted by Crippen LogP contribution is -2.17. The summed E-state index contributed by atoms with van der Waals surface area (Å²) in [5, 5.41) is 0. The van der Waals surface area contributed by atoms with E-state index < -0.39 is 0 Å². The van der Waals surface area contributed by atoms with Crippen LogP contribution in [0.2, 0.25) is 0 Å². The summed E-state index contributed by atoms with van der Waals surface area (Å²) >= 11 is 0. The molecule has 0 amide bonds. The lowest BCUT2D eigenvalue weighted by molar-refractivity contribution is -0.124.